The van der Waals surface area contributed by atoms with Crippen molar-refractivity contribution in [3.63, 3.8) is 0 Å². The molecule has 1 aromatic carbocycles. The second kappa shape index (κ2) is 8.03. The number of aromatic nitrogens is 3. The highest BCUT2D eigenvalue weighted by molar-refractivity contribution is 5.65. The minimum Gasteiger partial charge on any atom is -0.352 e. The molecule has 2 aromatic heterocycles. The first kappa shape index (κ1) is 18.6. The molecule has 3 rings (SSSR count). The number of rotatable bonds is 6. The summed E-state index contributed by atoms with van der Waals surface area (Å²) in [5.74, 6) is -3.02. The van der Waals surface area contributed by atoms with E-state index in [1.807, 2.05) is 13.8 Å². The van der Waals surface area contributed by atoms with Crippen molar-refractivity contribution in [2.45, 2.75) is 26.3 Å². The van der Waals surface area contributed by atoms with Crippen LogP contribution in [0.25, 0.3) is 11.4 Å². The van der Waals surface area contributed by atoms with Crippen molar-refractivity contribution >= 4 is 17.5 Å². The molecule has 0 spiro atoms. The number of pyridine rings is 1. The summed E-state index contributed by atoms with van der Waals surface area (Å²) < 4.78 is 41.4. The molecule has 8 heteroatoms. The van der Waals surface area contributed by atoms with E-state index in [0.717, 1.165) is 18.6 Å². The van der Waals surface area contributed by atoms with Crippen LogP contribution in [0.3, 0.4) is 0 Å². The summed E-state index contributed by atoms with van der Waals surface area (Å²) in [7, 11) is 0. The predicted molar refractivity (Wildman–Crippen MR) is 98.2 cm³/mol. The first-order chi connectivity index (χ1) is 13.0. The molecule has 1 atom stereocenters. The Morgan fingerprint density at radius 1 is 1.00 bits per heavy atom. The van der Waals surface area contributed by atoms with Crippen LogP contribution in [0, 0.1) is 17.5 Å². The van der Waals surface area contributed by atoms with Crippen molar-refractivity contribution in [2.75, 3.05) is 10.6 Å². The van der Waals surface area contributed by atoms with E-state index in [1.165, 1.54) is 6.07 Å². The molecule has 0 radical (unpaired) electrons. The third-order valence-electron chi connectivity index (χ3n) is 3.94. The van der Waals surface area contributed by atoms with Crippen LogP contribution in [0.2, 0.25) is 0 Å². The molecule has 0 unspecified atom stereocenters. The van der Waals surface area contributed by atoms with Crippen molar-refractivity contribution < 1.29 is 13.2 Å². The molecule has 0 amide bonds. The maximum Gasteiger partial charge on any atom is 0.225 e. The fourth-order valence-corrected chi connectivity index (χ4v) is 2.31. The summed E-state index contributed by atoms with van der Waals surface area (Å²) in [5.41, 5.74) is 0.404. The zero-order chi connectivity index (χ0) is 19.4. The van der Waals surface area contributed by atoms with Crippen LogP contribution in [-0.2, 0) is 0 Å². The molecule has 2 N–H and O–H groups in total. The molecule has 2 heterocycles. The molecule has 140 valence electrons. The van der Waals surface area contributed by atoms with Gasteiger partial charge in [0, 0.05) is 18.3 Å². The molecule has 27 heavy (non-hydrogen) atoms. The number of benzene rings is 1. The van der Waals surface area contributed by atoms with Crippen LogP contribution >= 0.6 is 0 Å². The average molecular weight is 373 g/mol. The number of halogens is 3. The lowest BCUT2D eigenvalue weighted by Crippen LogP contribution is -2.16. The topological polar surface area (TPSA) is 62.7 Å². The van der Waals surface area contributed by atoms with Gasteiger partial charge in [-0.15, -0.1) is 0 Å². The van der Waals surface area contributed by atoms with Crippen molar-refractivity contribution in [1.29, 1.82) is 0 Å². The van der Waals surface area contributed by atoms with Gasteiger partial charge in [0.25, 0.3) is 0 Å². The fourth-order valence-electron chi connectivity index (χ4n) is 2.31. The monoisotopic (exact) mass is 373 g/mol. The normalized spacial score (nSPS) is 11.9. The fraction of sp³-hybridized carbons (Fsp3) is 0.211. The van der Waals surface area contributed by atoms with Crippen LogP contribution in [0.4, 0.5) is 30.6 Å². The molecular formula is C19H18F3N5. The highest BCUT2D eigenvalue weighted by Gasteiger charge is 2.16. The molecule has 0 saturated carbocycles. The zero-order valence-corrected chi connectivity index (χ0v) is 14.8. The molecule has 0 saturated heterocycles. The van der Waals surface area contributed by atoms with E-state index in [1.54, 1.807) is 24.4 Å². The van der Waals surface area contributed by atoms with Gasteiger partial charge in [0.05, 0.1) is 11.4 Å². The summed E-state index contributed by atoms with van der Waals surface area (Å²) in [5, 5.41) is 5.63. The van der Waals surface area contributed by atoms with E-state index in [0.29, 0.717) is 11.4 Å². The average Bonchev–Trinajstić information content (AvgIpc) is 2.68. The number of nitrogens with zero attached hydrogens (tertiary/aromatic N) is 3. The Balaban J connectivity index is 2.04. The molecule has 0 bridgehead atoms. The molecule has 0 fully saturated rings. The van der Waals surface area contributed by atoms with Gasteiger partial charge in [-0.1, -0.05) is 13.0 Å². The van der Waals surface area contributed by atoms with E-state index in [-0.39, 0.29) is 17.8 Å². The van der Waals surface area contributed by atoms with Gasteiger partial charge in [0.2, 0.25) is 5.95 Å². The minimum absolute atomic E-state index is 0.0828. The zero-order valence-electron chi connectivity index (χ0n) is 14.8. The minimum atomic E-state index is -1.32. The van der Waals surface area contributed by atoms with E-state index in [4.69, 9.17) is 0 Å². The molecule has 0 aliphatic rings. The first-order valence-corrected chi connectivity index (χ1v) is 8.45. The second-order valence-electron chi connectivity index (χ2n) is 5.97. The van der Waals surface area contributed by atoms with Crippen molar-refractivity contribution in [3.05, 3.63) is 60.0 Å². The molecular weight excluding hydrogens is 355 g/mol. The quantitative estimate of drug-likeness (QED) is 0.601. The lowest BCUT2D eigenvalue weighted by atomic mass is 10.2. The molecule has 5 nitrogen and oxygen atoms in total. The van der Waals surface area contributed by atoms with Gasteiger partial charge in [-0.3, -0.25) is 4.98 Å². The molecule has 3 aromatic rings. The summed E-state index contributed by atoms with van der Waals surface area (Å²) in [6.45, 7) is 3.95. The number of hydrogen-bond donors (Lipinski definition) is 2. The van der Waals surface area contributed by atoms with Gasteiger partial charge < -0.3 is 10.6 Å². The predicted octanol–water partition coefficient (Wildman–Crippen LogP) is 4.91. The van der Waals surface area contributed by atoms with E-state index in [9.17, 15) is 13.2 Å². The highest BCUT2D eigenvalue weighted by Crippen LogP contribution is 2.27. The van der Waals surface area contributed by atoms with Crippen LogP contribution in [0.15, 0.2) is 42.6 Å². The Labute approximate surface area is 154 Å². The van der Waals surface area contributed by atoms with Gasteiger partial charge in [0.1, 0.15) is 17.3 Å². The van der Waals surface area contributed by atoms with Gasteiger partial charge in [0.15, 0.2) is 11.6 Å². The Kier molecular flexibility index (Phi) is 5.54. The maximum atomic E-state index is 14.0. The Morgan fingerprint density at radius 2 is 1.78 bits per heavy atom. The second-order valence-corrected chi connectivity index (χ2v) is 5.97. The van der Waals surface area contributed by atoms with Crippen molar-refractivity contribution in [2.24, 2.45) is 0 Å². The SMILES string of the molecule is CC[C@H](C)Nc1nc(Nc2c(F)ccc(F)c2F)cc(-c2ccccn2)n1. The Morgan fingerprint density at radius 3 is 2.48 bits per heavy atom. The van der Waals surface area contributed by atoms with Crippen molar-refractivity contribution in [3.8, 4) is 11.4 Å². The van der Waals surface area contributed by atoms with E-state index >= 15 is 0 Å². The third kappa shape index (κ3) is 4.33. The van der Waals surface area contributed by atoms with Crippen LogP contribution < -0.4 is 10.6 Å². The molecule has 0 aliphatic carbocycles. The van der Waals surface area contributed by atoms with Gasteiger partial charge in [-0.25, -0.2) is 18.2 Å². The number of hydrogen-bond acceptors (Lipinski definition) is 5. The number of nitrogens with one attached hydrogen (secondary N) is 2. The first-order valence-electron chi connectivity index (χ1n) is 8.45. The van der Waals surface area contributed by atoms with Gasteiger partial charge in [-0.05, 0) is 37.6 Å². The lowest BCUT2D eigenvalue weighted by Gasteiger charge is -2.15. The van der Waals surface area contributed by atoms with Crippen molar-refractivity contribution in [1.82, 2.24) is 15.0 Å². The van der Waals surface area contributed by atoms with E-state index in [2.05, 4.69) is 25.6 Å². The lowest BCUT2D eigenvalue weighted by molar-refractivity contribution is 0.499. The summed E-state index contributed by atoms with van der Waals surface area (Å²) in [6.07, 6.45) is 2.44. The standard InChI is InChI=1S/C19H18F3N5/c1-3-11(2)24-19-25-15(14-6-4-5-9-23-14)10-16(27-19)26-18-13(21)8-7-12(20)17(18)22/h4-11H,3H2,1-2H3,(H2,24,25,26,27)/t11-/m0/s1. The van der Waals surface area contributed by atoms with Crippen LogP contribution in [-0.4, -0.2) is 21.0 Å². The Bertz CT molecular complexity index is 934. The van der Waals surface area contributed by atoms with Gasteiger partial charge in [-0.2, -0.15) is 4.98 Å². The third-order valence-corrected chi connectivity index (χ3v) is 3.94. The summed E-state index contributed by atoms with van der Waals surface area (Å²) in [4.78, 5) is 12.9. The molecule has 0 aliphatic heterocycles. The van der Waals surface area contributed by atoms with E-state index < -0.39 is 23.1 Å². The maximum absolute atomic E-state index is 14.0. The smallest absolute Gasteiger partial charge is 0.225 e. The largest absolute Gasteiger partial charge is 0.352 e. The highest BCUT2D eigenvalue weighted by atomic mass is 19.2. The van der Waals surface area contributed by atoms with Crippen LogP contribution in [0.1, 0.15) is 20.3 Å². The number of anilines is 3. The van der Waals surface area contributed by atoms with Crippen LogP contribution in [0.5, 0.6) is 0 Å². The Hall–Kier alpha value is -3.16. The van der Waals surface area contributed by atoms with Gasteiger partial charge >= 0.3 is 0 Å². The summed E-state index contributed by atoms with van der Waals surface area (Å²) >= 11 is 0. The summed E-state index contributed by atoms with van der Waals surface area (Å²) in [6, 6.07) is 8.46.